The van der Waals surface area contributed by atoms with E-state index >= 15 is 0 Å². The highest BCUT2D eigenvalue weighted by Gasteiger charge is 2.07. The Labute approximate surface area is 148 Å². The molecular formula is C19H16N2O5. The van der Waals surface area contributed by atoms with Crippen molar-refractivity contribution in [1.82, 2.24) is 5.43 Å². The molecule has 0 radical (unpaired) electrons. The molecule has 0 bridgehead atoms. The van der Waals surface area contributed by atoms with Gasteiger partial charge in [-0.15, -0.1) is 0 Å². The molecule has 1 N–H and O–H groups in total. The first-order chi connectivity index (χ1) is 12.7. The highest BCUT2D eigenvalue weighted by molar-refractivity contribution is 5.87. The second kappa shape index (κ2) is 7.98. The summed E-state index contributed by atoms with van der Waals surface area (Å²) in [4.78, 5) is 24.0. The number of methoxy groups -OCH3 is 1. The molecule has 132 valence electrons. The number of nitrogens with zero attached hydrogens (tertiary/aromatic N) is 1. The molecule has 0 unspecified atom stereocenters. The number of nitrogens with one attached hydrogen (secondary N) is 1. The van der Waals surface area contributed by atoms with Crippen molar-refractivity contribution in [2.75, 3.05) is 7.11 Å². The summed E-state index contributed by atoms with van der Waals surface area (Å²) >= 11 is 0. The van der Waals surface area contributed by atoms with E-state index < -0.39 is 6.09 Å². The minimum absolute atomic E-state index is 0.127. The zero-order valence-electron chi connectivity index (χ0n) is 14.0. The molecule has 7 heteroatoms. The van der Waals surface area contributed by atoms with Gasteiger partial charge in [0.25, 0.3) is 0 Å². The van der Waals surface area contributed by atoms with Crippen molar-refractivity contribution in [3.63, 3.8) is 0 Å². The van der Waals surface area contributed by atoms with E-state index in [1.807, 2.05) is 30.3 Å². The fourth-order valence-electron chi connectivity index (χ4n) is 2.25. The van der Waals surface area contributed by atoms with Gasteiger partial charge in [0.05, 0.1) is 24.3 Å². The number of fused-ring (bicyclic) bond motifs is 1. The van der Waals surface area contributed by atoms with Crippen molar-refractivity contribution in [3.8, 4) is 5.75 Å². The topological polar surface area (TPSA) is 90.1 Å². The van der Waals surface area contributed by atoms with Gasteiger partial charge < -0.3 is 13.9 Å². The molecule has 26 heavy (non-hydrogen) atoms. The molecule has 2 aromatic carbocycles. The molecule has 0 aliphatic rings. The van der Waals surface area contributed by atoms with Crippen molar-refractivity contribution >= 4 is 23.3 Å². The van der Waals surface area contributed by atoms with Gasteiger partial charge >= 0.3 is 6.09 Å². The van der Waals surface area contributed by atoms with E-state index in [0.717, 1.165) is 5.56 Å². The summed E-state index contributed by atoms with van der Waals surface area (Å²) in [5, 5.41) is 4.11. The van der Waals surface area contributed by atoms with Crippen LogP contribution in [0.3, 0.4) is 0 Å². The molecule has 0 aliphatic carbocycles. The standard InChI is InChI=1S/C19H16N2O5/c1-24-15-7-8-16-17(9-15)25-12-14(18(16)22)10-20-21-19(23)26-11-13-5-3-2-4-6-13/h2-10,12H,11H2,1H3,(H,21,23)/b20-10+. The minimum atomic E-state index is -0.722. The SMILES string of the molecule is COc1ccc2c(=O)c(/C=N/NC(=O)OCc3ccccc3)coc2c1. The first-order valence-corrected chi connectivity index (χ1v) is 7.76. The maximum absolute atomic E-state index is 12.4. The van der Waals surface area contributed by atoms with Crippen LogP contribution in [0.1, 0.15) is 11.1 Å². The predicted molar refractivity (Wildman–Crippen MR) is 96.4 cm³/mol. The number of carbonyl (C=O) groups excluding carboxylic acids is 1. The second-order valence-corrected chi connectivity index (χ2v) is 5.31. The van der Waals surface area contributed by atoms with Gasteiger partial charge in [0.1, 0.15) is 24.2 Å². The van der Waals surface area contributed by atoms with Crippen LogP contribution < -0.4 is 15.6 Å². The number of amides is 1. The van der Waals surface area contributed by atoms with Crippen LogP contribution in [0.15, 0.2) is 69.1 Å². The van der Waals surface area contributed by atoms with E-state index in [0.29, 0.717) is 16.7 Å². The summed E-state index contributed by atoms with van der Waals surface area (Å²) in [6, 6.07) is 14.2. The van der Waals surface area contributed by atoms with Crippen LogP contribution in [0.4, 0.5) is 4.79 Å². The highest BCUT2D eigenvalue weighted by Crippen LogP contribution is 2.18. The molecule has 1 aromatic heterocycles. The third kappa shape index (κ3) is 4.07. The molecular weight excluding hydrogens is 336 g/mol. The Balaban J connectivity index is 1.64. The van der Waals surface area contributed by atoms with E-state index in [-0.39, 0.29) is 17.6 Å². The number of carbonyl (C=O) groups is 1. The molecule has 3 rings (SSSR count). The molecule has 0 saturated carbocycles. The molecule has 1 heterocycles. The van der Waals surface area contributed by atoms with Crippen molar-refractivity contribution < 1.29 is 18.7 Å². The third-order valence-corrected chi connectivity index (χ3v) is 3.58. The summed E-state index contributed by atoms with van der Waals surface area (Å²) in [6.07, 6.45) is 1.75. The molecule has 0 spiro atoms. The molecule has 3 aromatic rings. The van der Waals surface area contributed by atoms with Crippen LogP contribution >= 0.6 is 0 Å². The van der Waals surface area contributed by atoms with Gasteiger partial charge in [-0.05, 0) is 17.7 Å². The fraction of sp³-hybridized carbons (Fsp3) is 0.105. The van der Waals surface area contributed by atoms with E-state index in [1.54, 1.807) is 18.2 Å². The van der Waals surface area contributed by atoms with Crippen molar-refractivity contribution in [2.45, 2.75) is 6.61 Å². The van der Waals surface area contributed by atoms with E-state index in [4.69, 9.17) is 13.9 Å². The number of hydrazone groups is 1. The van der Waals surface area contributed by atoms with E-state index in [2.05, 4.69) is 10.5 Å². The van der Waals surface area contributed by atoms with Gasteiger partial charge in [0, 0.05) is 6.07 Å². The van der Waals surface area contributed by atoms with Crippen LogP contribution in [0, 0.1) is 0 Å². The largest absolute Gasteiger partial charge is 0.497 e. The smallest absolute Gasteiger partial charge is 0.428 e. The van der Waals surface area contributed by atoms with E-state index in [9.17, 15) is 9.59 Å². The number of rotatable bonds is 5. The number of benzene rings is 2. The van der Waals surface area contributed by atoms with Crippen LogP contribution in [0.25, 0.3) is 11.0 Å². The van der Waals surface area contributed by atoms with Gasteiger partial charge in [-0.3, -0.25) is 4.79 Å². The lowest BCUT2D eigenvalue weighted by Gasteiger charge is -2.03. The Bertz CT molecular complexity index is 996. The average Bonchev–Trinajstić information content (AvgIpc) is 2.68. The van der Waals surface area contributed by atoms with Gasteiger partial charge in [0.15, 0.2) is 0 Å². The highest BCUT2D eigenvalue weighted by atomic mass is 16.6. The lowest BCUT2D eigenvalue weighted by molar-refractivity contribution is 0.140. The molecule has 0 atom stereocenters. The van der Waals surface area contributed by atoms with Crippen molar-refractivity contribution in [2.24, 2.45) is 5.10 Å². The number of ether oxygens (including phenoxy) is 2. The maximum Gasteiger partial charge on any atom is 0.428 e. The lowest BCUT2D eigenvalue weighted by atomic mass is 10.2. The van der Waals surface area contributed by atoms with Crippen LogP contribution in [0.2, 0.25) is 0 Å². The zero-order chi connectivity index (χ0) is 18.4. The quantitative estimate of drug-likeness (QED) is 0.563. The number of hydrogen-bond donors (Lipinski definition) is 1. The third-order valence-electron chi connectivity index (χ3n) is 3.58. The first-order valence-electron chi connectivity index (χ1n) is 7.76. The maximum atomic E-state index is 12.4. The first kappa shape index (κ1) is 17.2. The van der Waals surface area contributed by atoms with Crippen molar-refractivity contribution in [1.29, 1.82) is 0 Å². The van der Waals surface area contributed by atoms with Crippen LogP contribution in [-0.2, 0) is 11.3 Å². The summed E-state index contributed by atoms with van der Waals surface area (Å²) < 4.78 is 15.5. The molecule has 0 aliphatic heterocycles. The molecule has 0 fully saturated rings. The van der Waals surface area contributed by atoms with Gasteiger partial charge in [-0.25, -0.2) is 10.2 Å². The molecule has 7 nitrogen and oxygen atoms in total. The Morgan fingerprint density at radius 3 is 2.81 bits per heavy atom. The summed E-state index contributed by atoms with van der Waals surface area (Å²) in [5.41, 5.74) is 3.40. The van der Waals surface area contributed by atoms with Gasteiger partial charge in [0.2, 0.25) is 5.43 Å². The molecule has 1 amide bonds. The normalized spacial score (nSPS) is 10.8. The summed E-state index contributed by atoms with van der Waals surface area (Å²) in [6.45, 7) is 0.127. The monoisotopic (exact) mass is 352 g/mol. The average molecular weight is 352 g/mol. The Morgan fingerprint density at radius 2 is 2.04 bits per heavy atom. The Morgan fingerprint density at radius 1 is 1.23 bits per heavy atom. The van der Waals surface area contributed by atoms with Gasteiger partial charge in [-0.2, -0.15) is 5.10 Å². The lowest BCUT2D eigenvalue weighted by Crippen LogP contribution is -2.19. The molecule has 0 saturated heterocycles. The Kier molecular flexibility index (Phi) is 5.28. The summed E-state index contributed by atoms with van der Waals surface area (Å²) in [5.74, 6) is 0.588. The zero-order valence-corrected chi connectivity index (χ0v) is 14.0. The van der Waals surface area contributed by atoms with Crippen LogP contribution in [-0.4, -0.2) is 19.4 Å². The summed E-state index contributed by atoms with van der Waals surface area (Å²) in [7, 11) is 1.53. The number of hydrogen-bond acceptors (Lipinski definition) is 6. The van der Waals surface area contributed by atoms with Crippen molar-refractivity contribution in [3.05, 3.63) is 76.1 Å². The minimum Gasteiger partial charge on any atom is -0.497 e. The fourth-order valence-corrected chi connectivity index (χ4v) is 2.25. The predicted octanol–water partition coefficient (Wildman–Crippen LogP) is 3.06. The van der Waals surface area contributed by atoms with Gasteiger partial charge in [-0.1, -0.05) is 30.3 Å². The Hall–Kier alpha value is -3.61. The van der Waals surface area contributed by atoms with Crippen LogP contribution in [0.5, 0.6) is 5.75 Å². The second-order valence-electron chi connectivity index (χ2n) is 5.31. The van der Waals surface area contributed by atoms with E-state index in [1.165, 1.54) is 19.6 Å².